The number of hydrogen-bond acceptors (Lipinski definition) is 1. The van der Waals surface area contributed by atoms with Crippen LogP contribution in [0.5, 0.6) is 0 Å². The summed E-state index contributed by atoms with van der Waals surface area (Å²) in [6, 6.07) is 5.26. The van der Waals surface area contributed by atoms with Crippen molar-refractivity contribution >= 4 is 0 Å². The topological polar surface area (TPSA) is 12.0 Å². The number of rotatable bonds is 4. The lowest BCUT2D eigenvalue weighted by Crippen LogP contribution is -2.17. The Morgan fingerprint density at radius 2 is 2.06 bits per heavy atom. The maximum atomic E-state index is 12.6. The minimum Gasteiger partial charge on any atom is -0.313 e. The fourth-order valence-corrected chi connectivity index (χ4v) is 1.67. The average molecular weight is 243 g/mol. The summed E-state index contributed by atoms with van der Waals surface area (Å²) in [4.78, 5) is 0. The summed E-state index contributed by atoms with van der Waals surface area (Å²) in [5.41, 5.74) is 0.948. The predicted molar refractivity (Wildman–Crippen MR) is 62.7 cm³/mol. The van der Waals surface area contributed by atoms with E-state index in [2.05, 4.69) is 11.9 Å². The number of halogens is 3. The van der Waals surface area contributed by atoms with Crippen molar-refractivity contribution < 1.29 is 13.2 Å². The summed E-state index contributed by atoms with van der Waals surface area (Å²) in [6.07, 6.45) is -3.67. The van der Waals surface area contributed by atoms with Gasteiger partial charge in [-0.2, -0.15) is 13.2 Å². The summed E-state index contributed by atoms with van der Waals surface area (Å²) in [5.74, 6) is 0. The van der Waals surface area contributed by atoms with Crippen LogP contribution in [-0.4, -0.2) is 7.05 Å². The van der Waals surface area contributed by atoms with Crippen molar-refractivity contribution in [2.24, 2.45) is 0 Å². The van der Waals surface area contributed by atoms with E-state index in [4.69, 9.17) is 0 Å². The Hall–Kier alpha value is -1.29. The largest absolute Gasteiger partial charge is 0.416 e. The SMILES string of the molecule is C=C(C)CC(NC)c1cccc(C(F)(F)F)c1. The zero-order chi connectivity index (χ0) is 13.1. The molecule has 0 aliphatic carbocycles. The first-order chi connectivity index (χ1) is 7.84. The first-order valence-electron chi connectivity index (χ1n) is 5.33. The van der Waals surface area contributed by atoms with Gasteiger partial charge in [-0.05, 0) is 38.1 Å². The molecule has 0 saturated heterocycles. The normalized spacial score (nSPS) is 13.5. The van der Waals surface area contributed by atoms with Crippen LogP contribution in [0.3, 0.4) is 0 Å². The molecule has 94 valence electrons. The minimum atomic E-state index is -4.29. The lowest BCUT2D eigenvalue weighted by Gasteiger charge is -2.18. The van der Waals surface area contributed by atoms with Crippen molar-refractivity contribution in [3.8, 4) is 0 Å². The molecule has 0 radical (unpaired) electrons. The summed E-state index contributed by atoms with van der Waals surface area (Å²) in [6.45, 7) is 5.64. The number of alkyl halides is 3. The maximum absolute atomic E-state index is 12.6. The molecule has 0 saturated carbocycles. The summed E-state index contributed by atoms with van der Waals surface area (Å²) < 4.78 is 37.7. The van der Waals surface area contributed by atoms with Crippen molar-refractivity contribution in [3.05, 3.63) is 47.5 Å². The lowest BCUT2D eigenvalue weighted by atomic mass is 9.98. The second-order valence-electron chi connectivity index (χ2n) is 4.13. The monoisotopic (exact) mass is 243 g/mol. The molecular formula is C13H16F3N. The molecule has 0 aliphatic rings. The van der Waals surface area contributed by atoms with Crippen LogP contribution in [0.4, 0.5) is 13.2 Å². The van der Waals surface area contributed by atoms with Crippen LogP contribution in [-0.2, 0) is 6.18 Å². The third-order valence-corrected chi connectivity index (χ3v) is 2.52. The zero-order valence-corrected chi connectivity index (χ0v) is 9.93. The van der Waals surface area contributed by atoms with E-state index in [9.17, 15) is 13.2 Å². The Morgan fingerprint density at radius 1 is 1.41 bits per heavy atom. The molecule has 1 aromatic rings. The van der Waals surface area contributed by atoms with E-state index >= 15 is 0 Å². The van der Waals surface area contributed by atoms with Gasteiger partial charge in [0, 0.05) is 6.04 Å². The minimum absolute atomic E-state index is 0.130. The van der Waals surface area contributed by atoms with Gasteiger partial charge in [-0.25, -0.2) is 0 Å². The molecule has 0 heterocycles. The third-order valence-electron chi connectivity index (χ3n) is 2.52. The number of benzene rings is 1. The van der Waals surface area contributed by atoms with Crippen LogP contribution in [0.15, 0.2) is 36.4 Å². The lowest BCUT2D eigenvalue weighted by molar-refractivity contribution is -0.137. The van der Waals surface area contributed by atoms with Crippen molar-refractivity contribution in [2.45, 2.75) is 25.6 Å². The van der Waals surface area contributed by atoms with E-state index < -0.39 is 11.7 Å². The molecule has 0 spiro atoms. The predicted octanol–water partition coefficient (Wildman–Crippen LogP) is 3.93. The number of nitrogens with one attached hydrogen (secondary N) is 1. The van der Waals surface area contributed by atoms with Gasteiger partial charge in [-0.1, -0.05) is 17.7 Å². The molecule has 1 unspecified atom stereocenters. The van der Waals surface area contributed by atoms with Crippen LogP contribution >= 0.6 is 0 Å². The summed E-state index contributed by atoms with van der Waals surface area (Å²) in [7, 11) is 1.73. The van der Waals surface area contributed by atoms with Crippen LogP contribution in [0.1, 0.15) is 30.5 Å². The first-order valence-corrected chi connectivity index (χ1v) is 5.33. The van der Waals surface area contributed by atoms with Crippen molar-refractivity contribution in [1.29, 1.82) is 0 Å². The molecule has 0 bridgehead atoms. The van der Waals surface area contributed by atoms with E-state index in [1.165, 1.54) is 12.1 Å². The van der Waals surface area contributed by atoms with Gasteiger partial charge in [0.05, 0.1) is 5.56 Å². The zero-order valence-electron chi connectivity index (χ0n) is 9.93. The summed E-state index contributed by atoms with van der Waals surface area (Å²) in [5, 5.41) is 3.00. The van der Waals surface area contributed by atoms with Crippen molar-refractivity contribution in [2.75, 3.05) is 7.05 Å². The molecular weight excluding hydrogens is 227 g/mol. The van der Waals surface area contributed by atoms with Gasteiger partial charge in [0.2, 0.25) is 0 Å². The van der Waals surface area contributed by atoms with E-state index in [-0.39, 0.29) is 6.04 Å². The molecule has 1 nitrogen and oxygen atoms in total. The molecule has 1 atom stereocenters. The smallest absolute Gasteiger partial charge is 0.313 e. The molecule has 0 aliphatic heterocycles. The van der Waals surface area contributed by atoms with Crippen LogP contribution in [0.2, 0.25) is 0 Å². The van der Waals surface area contributed by atoms with Gasteiger partial charge < -0.3 is 5.32 Å². The highest BCUT2D eigenvalue weighted by atomic mass is 19.4. The Morgan fingerprint density at radius 3 is 2.53 bits per heavy atom. The average Bonchev–Trinajstić information content (AvgIpc) is 2.24. The standard InChI is InChI=1S/C13H16F3N/c1-9(2)7-12(17-3)10-5-4-6-11(8-10)13(14,15)16/h4-6,8,12,17H,1,7H2,2-3H3. The van der Waals surface area contributed by atoms with Crippen molar-refractivity contribution in [3.63, 3.8) is 0 Å². The van der Waals surface area contributed by atoms with Crippen LogP contribution in [0, 0.1) is 0 Å². The fourth-order valence-electron chi connectivity index (χ4n) is 1.67. The van der Waals surface area contributed by atoms with Gasteiger partial charge in [0.1, 0.15) is 0 Å². The third kappa shape index (κ3) is 3.89. The molecule has 0 fully saturated rings. The maximum Gasteiger partial charge on any atom is 0.416 e. The van der Waals surface area contributed by atoms with E-state index in [0.717, 1.165) is 11.6 Å². The van der Waals surface area contributed by atoms with Gasteiger partial charge in [-0.3, -0.25) is 0 Å². The highest BCUT2D eigenvalue weighted by Crippen LogP contribution is 2.31. The Bertz CT molecular complexity index is 396. The highest BCUT2D eigenvalue weighted by Gasteiger charge is 2.30. The van der Waals surface area contributed by atoms with E-state index in [1.54, 1.807) is 13.1 Å². The Labute approximate surface area is 99.3 Å². The van der Waals surface area contributed by atoms with E-state index in [0.29, 0.717) is 12.0 Å². The Balaban J connectivity index is 3.01. The molecule has 0 aromatic heterocycles. The molecule has 4 heteroatoms. The molecule has 1 aromatic carbocycles. The van der Waals surface area contributed by atoms with Crippen molar-refractivity contribution in [1.82, 2.24) is 5.32 Å². The molecule has 0 amide bonds. The van der Waals surface area contributed by atoms with Gasteiger partial charge >= 0.3 is 6.18 Å². The molecule has 1 N–H and O–H groups in total. The fraction of sp³-hybridized carbons (Fsp3) is 0.385. The van der Waals surface area contributed by atoms with Gasteiger partial charge in [0.15, 0.2) is 0 Å². The Kier molecular flexibility index (Phi) is 4.34. The second-order valence-corrected chi connectivity index (χ2v) is 4.13. The molecule has 17 heavy (non-hydrogen) atoms. The van der Waals surface area contributed by atoms with Crippen LogP contribution in [0.25, 0.3) is 0 Å². The highest BCUT2D eigenvalue weighted by molar-refractivity contribution is 5.28. The first kappa shape index (κ1) is 13.8. The van der Waals surface area contributed by atoms with E-state index in [1.807, 2.05) is 6.92 Å². The summed E-state index contributed by atoms with van der Waals surface area (Å²) >= 11 is 0. The molecule has 1 rings (SSSR count). The van der Waals surface area contributed by atoms with Gasteiger partial charge in [-0.15, -0.1) is 6.58 Å². The quantitative estimate of drug-likeness (QED) is 0.790. The second kappa shape index (κ2) is 5.36. The van der Waals surface area contributed by atoms with Gasteiger partial charge in [0.25, 0.3) is 0 Å². The number of hydrogen-bond donors (Lipinski definition) is 1. The van der Waals surface area contributed by atoms with Crippen LogP contribution < -0.4 is 5.32 Å².